The highest BCUT2D eigenvalue weighted by Gasteiger charge is 2.31. The molecule has 0 aliphatic carbocycles. The van der Waals surface area contributed by atoms with E-state index in [-0.39, 0.29) is 17.9 Å². The Bertz CT molecular complexity index is 1300. The summed E-state index contributed by atoms with van der Waals surface area (Å²) in [6, 6.07) is 7.84. The lowest BCUT2D eigenvalue weighted by Crippen LogP contribution is -2.43. The van der Waals surface area contributed by atoms with E-state index in [2.05, 4.69) is 65.0 Å². The van der Waals surface area contributed by atoms with Crippen molar-refractivity contribution >= 4 is 24.4 Å². The average Bonchev–Trinajstić information content (AvgIpc) is 3.67. The SMILES string of the molecule is C=C\C(=C/C=C(C=C)/C(C)=C(\C)N=CC)CNC(=O)[C@@H]1CCCN1C=O.CC(C)C(C)N1Cc2ccccc2C1=O.CCC(C)C. The number of fused-ring (bicyclic) bond motifs is 1. The summed E-state index contributed by atoms with van der Waals surface area (Å²) in [6.07, 6.45) is 12.7. The minimum atomic E-state index is -0.363. The van der Waals surface area contributed by atoms with Crippen LogP contribution in [0.4, 0.5) is 0 Å². The summed E-state index contributed by atoms with van der Waals surface area (Å²) in [4.78, 5) is 43.1. The molecule has 1 saturated heterocycles. The Kier molecular flexibility index (Phi) is 18.2. The number of rotatable bonds is 12. The summed E-state index contributed by atoms with van der Waals surface area (Å²) in [6.45, 7) is 28.3. The molecule has 0 spiro atoms. The quantitative estimate of drug-likeness (QED) is 0.144. The smallest absolute Gasteiger partial charge is 0.254 e. The first kappa shape index (κ1) is 40.0. The Labute approximate surface area is 278 Å². The van der Waals surface area contributed by atoms with Gasteiger partial charge in [0, 0.05) is 43.2 Å². The van der Waals surface area contributed by atoms with E-state index in [9.17, 15) is 14.4 Å². The topological polar surface area (TPSA) is 82.1 Å². The fourth-order valence-electron chi connectivity index (χ4n) is 4.71. The summed E-state index contributed by atoms with van der Waals surface area (Å²) < 4.78 is 0. The van der Waals surface area contributed by atoms with E-state index >= 15 is 0 Å². The second-order valence-electron chi connectivity index (χ2n) is 12.5. The highest BCUT2D eigenvalue weighted by atomic mass is 16.2. The first-order valence-corrected chi connectivity index (χ1v) is 16.6. The van der Waals surface area contributed by atoms with Gasteiger partial charge in [-0.15, -0.1) is 0 Å². The van der Waals surface area contributed by atoms with Crippen LogP contribution in [0.2, 0.25) is 0 Å². The first-order valence-electron chi connectivity index (χ1n) is 16.6. The average molecular weight is 631 g/mol. The third kappa shape index (κ3) is 12.4. The van der Waals surface area contributed by atoms with Crippen molar-refractivity contribution in [3.63, 3.8) is 0 Å². The molecule has 0 bridgehead atoms. The summed E-state index contributed by atoms with van der Waals surface area (Å²) in [5, 5.41) is 2.88. The van der Waals surface area contributed by atoms with Gasteiger partial charge in [-0.2, -0.15) is 0 Å². The lowest BCUT2D eigenvalue weighted by atomic mass is 10.0. The van der Waals surface area contributed by atoms with Crippen LogP contribution in [0.5, 0.6) is 0 Å². The molecule has 2 heterocycles. The highest BCUT2D eigenvalue weighted by molar-refractivity contribution is 5.98. The summed E-state index contributed by atoms with van der Waals surface area (Å²) >= 11 is 0. The third-order valence-electron chi connectivity index (χ3n) is 8.58. The van der Waals surface area contributed by atoms with Crippen molar-refractivity contribution in [2.45, 2.75) is 100 Å². The maximum Gasteiger partial charge on any atom is 0.254 e. The molecule has 3 amide bonds. The molecule has 2 aliphatic heterocycles. The van der Waals surface area contributed by atoms with Gasteiger partial charge in [0.25, 0.3) is 5.91 Å². The molecule has 2 aliphatic rings. The molecular weight excluding hydrogens is 572 g/mol. The second-order valence-corrected chi connectivity index (χ2v) is 12.5. The molecule has 2 atom stereocenters. The minimum absolute atomic E-state index is 0.125. The van der Waals surface area contributed by atoms with Crippen LogP contribution in [0.25, 0.3) is 0 Å². The van der Waals surface area contributed by atoms with Crippen LogP contribution in [-0.4, -0.2) is 59.4 Å². The molecule has 1 aromatic carbocycles. The number of likely N-dealkylation sites (tertiary alicyclic amines) is 1. The number of carbonyl (C=O) groups excluding carboxylic acids is 3. The minimum Gasteiger partial charge on any atom is -0.350 e. The number of nitrogens with one attached hydrogen (secondary N) is 1. The lowest BCUT2D eigenvalue weighted by molar-refractivity contribution is -0.130. The fraction of sp³-hybridized carbons (Fsp3) is 0.487. The number of benzene rings is 1. The molecule has 46 heavy (non-hydrogen) atoms. The van der Waals surface area contributed by atoms with Gasteiger partial charge in [-0.25, -0.2) is 0 Å². The number of hydrogen-bond acceptors (Lipinski definition) is 4. The number of nitrogens with zero attached hydrogens (tertiary/aromatic N) is 3. The third-order valence-corrected chi connectivity index (χ3v) is 8.58. The molecule has 0 saturated carbocycles. The molecule has 7 nitrogen and oxygen atoms in total. The molecule has 0 radical (unpaired) electrons. The predicted molar refractivity (Wildman–Crippen MR) is 194 cm³/mol. The second kappa shape index (κ2) is 20.9. The summed E-state index contributed by atoms with van der Waals surface area (Å²) in [7, 11) is 0. The van der Waals surface area contributed by atoms with Gasteiger partial charge < -0.3 is 15.1 Å². The van der Waals surface area contributed by atoms with Gasteiger partial charge in [-0.1, -0.05) is 96.7 Å². The van der Waals surface area contributed by atoms with Gasteiger partial charge >= 0.3 is 0 Å². The van der Waals surface area contributed by atoms with Crippen LogP contribution < -0.4 is 5.32 Å². The van der Waals surface area contributed by atoms with Crippen LogP contribution in [0.3, 0.4) is 0 Å². The molecule has 252 valence electrons. The van der Waals surface area contributed by atoms with Crippen molar-refractivity contribution in [1.82, 2.24) is 15.1 Å². The summed E-state index contributed by atoms with van der Waals surface area (Å²) in [5.41, 5.74) is 5.84. The maximum absolute atomic E-state index is 12.3. The van der Waals surface area contributed by atoms with E-state index in [1.807, 2.05) is 62.1 Å². The molecule has 1 fully saturated rings. The fourth-order valence-corrected chi connectivity index (χ4v) is 4.71. The molecule has 7 heteroatoms. The Morgan fingerprint density at radius 1 is 1.09 bits per heavy atom. The highest BCUT2D eigenvalue weighted by Crippen LogP contribution is 2.26. The van der Waals surface area contributed by atoms with Gasteiger partial charge in [-0.3, -0.25) is 19.4 Å². The Morgan fingerprint density at radius 2 is 1.74 bits per heavy atom. The van der Waals surface area contributed by atoms with Crippen LogP contribution in [0.1, 0.15) is 97.5 Å². The molecule has 0 aromatic heterocycles. The maximum atomic E-state index is 12.3. The normalized spacial score (nSPS) is 17.5. The molecule has 3 rings (SSSR count). The van der Waals surface area contributed by atoms with Gasteiger partial charge in [0.05, 0.1) is 0 Å². The number of allylic oxidation sites excluding steroid dienone is 6. The standard InChI is InChI=1S/C21H29N3O2.C13H17NO.C5H12/c1-6-18(11-12-19(7-2)16(4)17(5)22-8-3)14-23-21(26)20-10-9-13-24(20)15-25;1-9(2)10(3)14-8-11-6-4-5-7-12(11)13(14)15;1-4-5(2)3/h6-8,11-12,15,20H,1-2,9-10,13-14H2,3-5H3,(H,23,26);4-7,9-10H,8H2,1-3H3;5H,4H2,1-3H3/b17-16+,18-11+,19-12+,22-8?;;/t20-;;/m0../s1. The van der Waals surface area contributed by atoms with Crippen molar-refractivity contribution in [2.24, 2.45) is 16.8 Å². The Morgan fingerprint density at radius 3 is 2.26 bits per heavy atom. The summed E-state index contributed by atoms with van der Waals surface area (Å²) in [5.74, 6) is 1.45. The Hall–Kier alpha value is -4.00. The van der Waals surface area contributed by atoms with Crippen LogP contribution >= 0.6 is 0 Å². The number of amides is 3. The van der Waals surface area contributed by atoms with E-state index in [4.69, 9.17) is 0 Å². The van der Waals surface area contributed by atoms with Gasteiger partial charge in [-0.05, 0) is 80.7 Å². The lowest BCUT2D eigenvalue weighted by Gasteiger charge is -2.27. The molecular formula is C39H58N4O3. The molecule has 1 N–H and O–H groups in total. The van der Waals surface area contributed by atoms with Gasteiger partial charge in [0.15, 0.2) is 0 Å². The van der Waals surface area contributed by atoms with E-state index in [1.54, 1.807) is 23.3 Å². The zero-order chi connectivity index (χ0) is 34.8. The Balaban J connectivity index is 0.000000440. The zero-order valence-electron chi connectivity index (χ0n) is 29.8. The van der Waals surface area contributed by atoms with Crippen LogP contribution in [0, 0.1) is 11.8 Å². The number of carbonyl (C=O) groups is 3. The van der Waals surface area contributed by atoms with Crippen LogP contribution in [-0.2, 0) is 16.1 Å². The number of aliphatic imine (C=N–C) groups is 1. The monoisotopic (exact) mass is 630 g/mol. The van der Waals surface area contributed by atoms with Crippen LogP contribution in [0.15, 0.2) is 89.1 Å². The van der Waals surface area contributed by atoms with E-state index in [1.165, 1.54) is 6.42 Å². The van der Waals surface area contributed by atoms with Crippen molar-refractivity contribution in [3.05, 3.63) is 95.3 Å². The van der Waals surface area contributed by atoms with Gasteiger partial charge in [0.2, 0.25) is 12.3 Å². The van der Waals surface area contributed by atoms with Crippen molar-refractivity contribution < 1.29 is 14.4 Å². The van der Waals surface area contributed by atoms with Crippen molar-refractivity contribution in [2.75, 3.05) is 13.1 Å². The van der Waals surface area contributed by atoms with E-state index in [0.717, 1.165) is 58.8 Å². The molecule has 1 aromatic rings. The number of hydrogen-bond donors (Lipinski definition) is 1. The zero-order valence-corrected chi connectivity index (χ0v) is 29.8. The van der Waals surface area contributed by atoms with Crippen molar-refractivity contribution in [3.8, 4) is 0 Å². The molecule has 1 unspecified atom stereocenters. The van der Waals surface area contributed by atoms with E-state index < -0.39 is 0 Å². The van der Waals surface area contributed by atoms with Crippen molar-refractivity contribution in [1.29, 1.82) is 0 Å². The first-order chi connectivity index (χ1) is 21.9. The largest absolute Gasteiger partial charge is 0.350 e. The van der Waals surface area contributed by atoms with E-state index in [0.29, 0.717) is 31.5 Å². The predicted octanol–water partition coefficient (Wildman–Crippen LogP) is 8.07. The van der Waals surface area contributed by atoms with Gasteiger partial charge in [0.1, 0.15) is 6.04 Å².